The van der Waals surface area contributed by atoms with Crippen molar-refractivity contribution in [3.05, 3.63) is 47.8 Å². The average Bonchev–Trinajstić information content (AvgIpc) is 2.28. The molecule has 0 saturated heterocycles. The van der Waals surface area contributed by atoms with Gasteiger partial charge in [0.25, 0.3) is 0 Å². The molecule has 0 aliphatic rings. The summed E-state index contributed by atoms with van der Waals surface area (Å²) in [6.07, 6.45) is 2.72. The zero-order chi connectivity index (χ0) is 13.0. The van der Waals surface area contributed by atoms with Crippen LogP contribution in [-0.4, -0.2) is 16.0 Å². The van der Waals surface area contributed by atoms with E-state index in [0.717, 1.165) is 6.07 Å². The number of rotatable bonds is 2. The van der Waals surface area contributed by atoms with Gasteiger partial charge in [0, 0.05) is 29.8 Å². The summed E-state index contributed by atoms with van der Waals surface area (Å²) in [6, 6.07) is 5.15. The maximum Gasteiger partial charge on any atom is 0.323 e. The molecule has 0 aliphatic carbocycles. The molecular weight excluding hydrogens is 259 g/mol. The Hall–Kier alpha value is -2.21. The van der Waals surface area contributed by atoms with Crippen molar-refractivity contribution in [2.75, 3.05) is 10.6 Å². The summed E-state index contributed by atoms with van der Waals surface area (Å²) < 4.78 is 12.8. The second-order valence-electron chi connectivity index (χ2n) is 3.31. The zero-order valence-corrected chi connectivity index (χ0v) is 9.78. The molecule has 0 fully saturated rings. The Labute approximate surface area is 107 Å². The first-order chi connectivity index (χ1) is 8.63. The minimum atomic E-state index is -0.667. The molecule has 0 aliphatic heterocycles. The van der Waals surface area contributed by atoms with Crippen molar-refractivity contribution in [1.29, 1.82) is 0 Å². The molecule has 2 N–H and O–H groups in total. The summed E-state index contributed by atoms with van der Waals surface area (Å²) in [7, 11) is 0. The quantitative estimate of drug-likeness (QED) is 0.821. The van der Waals surface area contributed by atoms with Crippen LogP contribution in [0.1, 0.15) is 0 Å². The molecule has 0 aromatic carbocycles. The SMILES string of the molecule is O=C(Nc1ccnc(F)c1)Nc1ccnc(Cl)c1. The van der Waals surface area contributed by atoms with Crippen LogP contribution in [0.15, 0.2) is 36.7 Å². The van der Waals surface area contributed by atoms with Gasteiger partial charge in [0.05, 0.1) is 0 Å². The summed E-state index contributed by atoms with van der Waals surface area (Å²) in [4.78, 5) is 18.7. The maximum atomic E-state index is 12.8. The fraction of sp³-hybridized carbons (Fsp3) is 0. The molecule has 18 heavy (non-hydrogen) atoms. The van der Waals surface area contributed by atoms with Gasteiger partial charge in [-0.3, -0.25) is 0 Å². The first kappa shape index (κ1) is 12.3. The largest absolute Gasteiger partial charge is 0.323 e. The molecule has 0 spiro atoms. The third-order valence-electron chi connectivity index (χ3n) is 1.97. The van der Waals surface area contributed by atoms with Crippen LogP contribution >= 0.6 is 11.6 Å². The van der Waals surface area contributed by atoms with E-state index >= 15 is 0 Å². The van der Waals surface area contributed by atoms with E-state index in [1.54, 1.807) is 6.07 Å². The number of carbonyl (C=O) groups is 1. The number of pyridine rings is 2. The van der Waals surface area contributed by atoms with Gasteiger partial charge in [-0.05, 0) is 18.2 Å². The van der Waals surface area contributed by atoms with E-state index in [0.29, 0.717) is 11.4 Å². The summed E-state index contributed by atoms with van der Waals surface area (Å²) in [5.74, 6) is -0.667. The molecule has 2 aromatic heterocycles. The number of nitrogens with one attached hydrogen (secondary N) is 2. The van der Waals surface area contributed by atoms with Crippen LogP contribution in [0.4, 0.5) is 20.6 Å². The van der Waals surface area contributed by atoms with Crippen molar-refractivity contribution in [3.63, 3.8) is 0 Å². The first-order valence-corrected chi connectivity index (χ1v) is 5.32. The summed E-state index contributed by atoms with van der Waals surface area (Å²) >= 11 is 5.67. The van der Waals surface area contributed by atoms with E-state index in [-0.39, 0.29) is 5.15 Å². The number of carbonyl (C=O) groups excluding carboxylic acids is 1. The van der Waals surface area contributed by atoms with Gasteiger partial charge in [0.1, 0.15) is 5.15 Å². The Morgan fingerprint density at radius 2 is 1.72 bits per heavy atom. The highest BCUT2D eigenvalue weighted by molar-refractivity contribution is 6.29. The maximum absolute atomic E-state index is 12.8. The van der Waals surface area contributed by atoms with Crippen molar-refractivity contribution in [2.45, 2.75) is 0 Å². The fourth-order valence-electron chi connectivity index (χ4n) is 1.25. The van der Waals surface area contributed by atoms with Gasteiger partial charge in [-0.2, -0.15) is 4.39 Å². The van der Waals surface area contributed by atoms with Crippen LogP contribution in [-0.2, 0) is 0 Å². The Morgan fingerprint density at radius 1 is 1.11 bits per heavy atom. The van der Waals surface area contributed by atoms with Gasteiger partial charge in [-0.1, -0.05) is 11.6 Å². The van der Waals surface area contributed by atoms with E-state index in [4.69, 9.17) is 11.6 Å². The molecule has 0 radical (unpaired) electrons. The van der Waals surface area contributed by atoms with Crippen molar-refractivity contribution >= 4 is 29.0 Å². The van der Waals surface area contributed by atoms with Gasteiger partial charge < -0.3 is 10.6 Å². The van der Waals surface area contributed by atoms with E-state index in [1.807, 2.05) is 0 Å². The lowest BCUT2D eigenvalue weighted by Gasteiger charge is -2.07. The van der Waals surface area contributed by atoms with E-state index in [2.05, 4.69) is 20.6 Å². The Balaban J connectivity index is 2.01. The minimum Gasteiger partial charge on any atom is -0.308 e. The third kappa shape index (κ3) is 3.39. The number of aromatic nitrogens is 2. The van der Waals surface area contributed by atoms with Gasteiger partial charge in [-0.15, -0.1) is 0 Å². The second kappa shape index (κ2) is 5.42. The topological polar surface area (TPSA) is 66.9 Å². The highest BCUT2D eigenvalue weighted by atomic mass is 35.5. The lowest BCUT2D eigenvalue weighted by molar-refractivity contribution is 0.262. The van der Waals surface area contributed by atoms with Crippen LogP contribution in [0.3, 0.4) is 0 Å². The van der Waals surface area contributed by atoms with Gasteiger partial charge >= 0.3 is 6.03 Å². The van der Waals surface area contributed by atoms with Crippen LogP contribution in [0, 0.1) is 5.95 Å². The smallest absolute Gasteiger partial charge is 0.308 e. The number of hydrogen-bond acceptors (Lipinski definition) is 3. The molecule has 0 unspecified atom stereocenters. The lowest BCUT2D eigenvalue weighted by Crippen LogP contribution is -2.19. The monoisotopic (exact) mass is 266 g/mol. The minimum absolute atomic E-state index is 0.266. The second-order valence-corrected chi connectivity index (χ2v) is 3.70. The number of anilines is 2. The predicted octanol–water partition coefficient (Wildman–Crippen LogP) is 2.91. The molecule has 2 rings (SSSR count). The third-order valence-corrected chi connectivity index (χ3v) is 2.18. The Morgan fingerprint density at radius 3 is 2.33 bits per heavy atom. The number of halogens is 2. The highest BCUT2D eigenvalue weighted by Gasteiger charge is 2.04. The van der Waals surface area contributed by atoms with Crippen LogP contribution < -0.4 is 10.6 Å². The number of hydrogen-bond donors (Lipinski definition) is 2. The molecule has 5 nitrogen and oxygen atoms in total. The molecule has 2 heterocycles. The van der Waals surface area contributed by atoms with E-state index < -0.39 is 12.0 Å². The summed E-state index contributed by atoms with van der Waals surface area (Å²) in [5, 5.41) is 5.26. The van der Waals surface area contributed by atoms with Crippen LogP contribution in [0.5, 0.6) is 0 Å². The molecule has 2 amide bonds. The fourth-order valence-corrected chi connectivity index (χ4v) is 1.43. The lowest BCUT2D eigenvalue weighted by atomic mass is 10.4. The van der Waals surface area contributed by atoms with Crippen molar-refractivity contribution < 1.29 is 9.18 Å². The molecule has 7 heteroatoms. The molecule has 92 valence electrons. The number of amides is 2. The average molecular weight is 267 g/mol. The van der Waals surface area contributed by atoms with Gasteiger partial charge in [-0.25, -0.2) is 14.8 Å². The van der Waals surface area contributed by atoms with E-state index in [9.17, 15) is 9.18 Å². The van der Waals surface area contributed by atoms with Crippen molar-refractivity contribution in [3.8, 4) is 0 Å². The van der Waals surface area contributed by atoms with E-state index in [1.165, 1.54) is 24.5 Å². The molecule has 0 atom stereocenters. The first-order valence-electron chi connectivity index (χ1n) is 4.94. The van der Waals surface area contributed by atoms with Gasteiger partial charge in [0.15, 0.2) is 0 Å². The molecule has 0 saturated carbocycles. The predicted molar refractivity (Wildman–Crippen MR) is 66.1 cm³/mol. The normalized spacial score (nSPS) is 9.89. The van der Waals surface area contributed by atoms with Crippen LogP contribution in [0.2, 0.25) is 5.15 Å². The zero-order valence-electron chi connectivity index (χ0n) is 9.02. The highest BCUT2D eigenvalue weighted by Crippen LogP contribution is 2.13. The van der Waals surface area contributed by atoms with Crippen molar-refractivity contribution in [2.24, 2.45) is 0 Å². The molecule has 0 bridgehead atoms. The van der Waals surface area contributed by atoms with Crippen molar-refractivity contribution in [1.82, 2.24) is 9.97 Å². The number of nitrogens with zero attached hydrogens (tertiary/aromatic N) is 2. The summed E-state index contributed by atoms with van der Waals surface area (Å²) in [5.41, 5.74) is 0.794. The van der Waals surface area contributed by atoms with Gasteiger partial charge in [0.2, 0.25) is 5.95 Å². The molecule has 2 aromatic rings. The Kier molecular flexibility index (Phi) is 3.69. The summed E-state index contributed by atoms with van der Waals surface area (Å²) in [6.45, 7) is 0. The Bertz CT molecular complexity index is 529. The van der Waals surface area contributed by atoms with Crippen LogP contribution in [0.25, 0.3) is 0 Å². The standard InChI is InChI=1S/C11H8ClFN4O/c12-9-5-7(1-3-14-9)16-11(18)17-8-2-4-15-10(13)6-8/h1-6H,(H2,14,15,16,17,18). The molecular formula is C11H8ClFN4O. The number of urea groups is 1.